The molecule has 0 aliphatic carbocycles. The summed E-state index contributed by atoms with van der Waals surface area (Å²) in [6.07, 6.45) is 26.6. The van der Waals surface area contributed by atoms with Crippen molar-refractivity contribution in [3.05, 3.63) is 18.2 Å². The summed E-state index contributed by atoms with van der Waals surface area (Å²) in [5, 5.41) is 9.08. The second kappa shape index (κ2) is 25.4. The number of nitrogens with zero attached hydrogens (tertiary/aromatic N) is 1. The summed E-state index contributed by atoms with van der Waals surface area (Å²) >= 11 is 0. The molecule has 2 amide bonds. The zero-order valence-electron chi connectivity index (χ0n) is 24.3. The number of aromatic amines is 1. The van der Waals surface area contributed by atoms with Gasteiger partial charge < -0.3 is 26.7 Å². The van der Waals surface area contributed by atoms with Crippen molar-refractivity contribution in [2.45, 2.75) is 135 Å². The molecule has 0 fully saturated rings. The van der Waals surface area contributed by atoms with Crippen LogP contribution in [0.1, 0.15) is 128 Å². The summed E-state index contributed by atoms with van der Waals surface area (Å²) < 4.78 is 0. The van der Waals surface area contributed by atoms with Crippen molar-refractivity contribution in [1.82, 2.24) is 25.9 Å². The van der Waals surface area contributed by atoms with Crippen molar-refractivity contribution in [2.75, 3.05) is 26.2 Å². The Balaban J connectivity index is 1.96. The first-order chi connectivity index (χ1) is 18.7. The Morgan fingerprint density at radius 2 is 1.39 bits per heavy atom. The molecule has 0 spiro atoms. The third-order valence-corrected chi connectivity index (χ3v) is 7.05. The number of carbonyl (C=O) groups is 2. The molecule has 0 radical (unpaired) electrons. The molecule has 220 valence electrons. The number of amides is 2. The van der Waals surface area contributed by atoms with Crippen molar-refractivity contribution in [3.63, 3.8) is 0 Å². The Kier molecular flexibility index (Phi) is 22.8. The van der Waals surface area contributed by atoms with E-state index in [4.69, 9.17) is 5.73 Å². The lowest BCUT2D eigenvalue weighted by Crippen LogP contribution is -2.48. The molecule has 1 aromatic heterocycles. The predicted octanol–water partition coefficient (Wildman–Crippen LogP) is 5.14. The van der Waals surface area contributed by atoms with E-state index in [-0.39, 0.29) is 11.8 Å². The minimum atomic E-state index is -0.624. The topological polar surface area (TPSA) is 125 Å². The number of unbranched alkanes of at least 4 members (excludes halogenated alkanes) is 15. The normalized spacial score (nSPS) is 11.9. The Bertz CT molecular complexity index is 668. The molecule has 0 bridgehead atoms. The SMILES string of the molecule is CCCCCCCCCCCCCCCCCCNCCC(=O)N[C@@H](Cc1cnc[nH]1)C(=O)NCCCN. The second-order valence-electron chi connectivity index (χ2n) is 10.6. The molecule has 6 N–H and O–H groups in total. The Labute approximate surface area is 232 Å². The molecule has 8 heteroatoms. The van der Waals surface area contributed by atoms with Gasteiger partial charge in [-0.3, -0.25) is 9.59 Å². The fourth-order valence-corrected chi connectivity index (χ4v) is 4.65. The Morgan fingerprint density at radius 1 is 0.816 bits per heavy atom. The van der Waals surface area contributed by atoms with E-state index in [9.17, 15) is 9.59 Å². The molecule has 1 heterocycles. The molecule has 38 heavy (non-hydrogen) atoms. The van der Waals surface area contributed by atoms with Crippen LogP contribution in [0, 0.1) is 0 Å². The lowest BCUT2D eigenvalue weighted by atomic mass is 10.0. The first kappa shape index (κ1) is 34.1. The monoisotopic (exact) mass is 534 g/mol. The van der Waals surface area contributed by atoms with Crippen LogP contribution in [-0.2, 0) is 16.0 Å². The first-order valence-electron chi connectivity index (χ1n) is 15.6. The maximum absolute atomic E-state index is 12.5. The molecule has 0 unspecified atom stereocenters. The summed E-state index contributed by atoms with van der Waals surface area (Å²) in [7, 11) is 0. The number of imidazole rings is 1. The van der Waals surface area contributed by atoms with Gasteiger partial charge in [-0.25, -0.2) is 4.98 Å². The van der Waals surface area contributed by atoms with Gasteiger partial charge in [0.05, 0.1) is 6.33 Å². The Morgan fingerprint density at radius 3 is 1.92 bits per heavy atom. The zero-order valence-corrected chi connectivity index (χ0v) is 24.3. The molecular weight excluding hydrogens is 476 g/mol. The quantitative estimate of drug-likeness (QED) is 0.0999. The standard InChI is InChI=1S/C30H58N6O2/c1-2-3-4-5-6-7-8-9-10-11-12-13-14-15-16-17-21-32-23-19-29(37)36-28(24-27-25-33-26-35-27)30(38)34-22-18-20-31/h25-26,28,32H,2-24,31H2,1H3,(H,33,35)(H,34,38)(H,36,37)/t28-/m0/s1. The number of hydrogen-bond acceptors (Lipinski definition) is 5. The summed E-state index contributed by atoms with van der Waals surface area (Å²) in [5.74, 6) is -0.314. The third-order valence-electron chi connectivity index (χ3n) is 7.05. The van der Waals surface area contributed by atoms with Crippen LogP contribution in [0.4, 0.5) is 0 Å². The maximum atomic E-state index is 12.5. The molecule has 0 aliphatic rings. The van der Waals surface area contributed by atoms with Gasteiger partial charge in [0.15, 0.2) is 0 Å². The van der Waals surface area contributed by atoms with E-state index < -0.39 is 6.04 Å². The van der Waals surface area contributed by atoms with E-state index in [1.807, 2.05) is 0 Å². The van der Waals surface area contributed by atoms with Crippen LogP contribution in [0.25, 0.3) is 0 Å². The van der Waals surface area contributed by atoms with Gasteiger partial charge in [-0.1, -0.05) is 103 Å². The number of H-pyrrole nitrogens is 1. The fraction of sp³-hybridized carbons (Fsp3) is 0.833. The van der Waals surface area contributed by atoms with Crippen LogP contribution < -0.4 is 21.7 Å². The molecule has 0 aliphatic heterocycles. The zero-order chi connectivity index (χ0) is 27.5. The van der Waals surface area contributed by atoms with Crippen LogP contribution in [0.15, 0.2) is 12.5 Å². The highest BCUT2D eigenvalue weighted by Gasteiger charge is 2.21. The molecule has 1 atom stereocenters. The van der Waals surface area contributed by atoms with E-state index in [2.05, 4.69) is 32.8 Å². The highest BCUT2D eigenvalue weighted by Crippen LogP contribution is 2.13. The maximum Gasteiger partial charge on any atom is 0.242 e. The predicted molar refractivity (Wildman–Crippen MR) is 158 cm³/mol. The van der Waals surface area contributed by atoms with E-state index in [1.54, 1.807) is 12.5 Å². The van der Waals surface area contributed by atoms with Gasteiger partial charge >= 0.3 is 0 Å². The number of carbonyl (C=O) groups excluding carboxylic acids is 2. The third kappa shape index (κ3) is 20.1. The van der Waals surface area contributed by atoms with E-state index >= 15 is 0 Å². The van der Waals surface area contributed by atoms with Crippen molar-refractivity contribution in [1.29, 1.82) is 0 Å². The summed E-state index contributed by atoms with van der Waals surface area (Å²) in [6, 6.07) is -0.624. The van der Waals surface area contributed by atoms with Crippen molar-refractivity contribution in [3.8, 4) is 0 Å². The molecule has 0 aromatic carbocycles. The first-order valence-corrected chi connectivity index (χ1v) is 15.6. The molecular formula is C30H58N6O2. The number of aromatic nitrogens is 2. The summed E-state index contributed by atoms with van der Waals surface area (Å²) in [5.41, 5.74) is 6.31. The van der Waals surface area contributed by atoms with Gasteiger partial charge in [-0.15, -0.1) is 0 Å². The van der Waals surface area contributed by atoms with E-state index in [0.29, 0.717) is 38.9 Å². The minimum Gasteiger partial charge on any atom is -0.354 e. The van der Waals surface area contributed by atoms with Crippen molar-refractivity contribution >= 4 is 11.8 Å². The smallest absolute Gasteiger partial charge is 0.242 e. The molecule has 0 saturated heterocycles. The van der Waals surface area contributed by atoms with Crippen molar-refractivity contribution in [2.24, 2.45) is 5.73 Å². The highest BCUT2D eigenvalue weighted by molar-refractivity contribution is 5.87. The van der Waals surface area contributed by atoms with Gasteiger partial charge in [0, 0.05) is 37.8 Å². The van der Waals surface area contributed by atoms with E-state index in [1.165, 1.54) is 96.3 Å². The largest absolute Gasteiger partial charge is 0.354 e. The fourth-order valence-electron chi connectivity index (χ4n) is 4.65. The van der Waals surface area contributed by atoms with Gasteiger partial charge in [-0.05, 0) is 25.9 Å². The number of hydrogen-bond donors (Lipinski definition) is 5. The molecule has 8 nitrogen and oxygen atoms in total. The molecule has 1 aromatic rings. The summed E-state index contributed by atoms with van der Waals surface area (Å²) in [4.78, 5) is 31.9. The average Bonchev–Trinajstić information content (AvgIpc) is 3.43. The van der Waals surface area contributed by atoms with Crippen LogP contribution in [0.5, 0.6) is 0 Å². The van der Waals surface area contributed by atoms with Crippen molar-refractivity contribution < 1.29 is 9.59 Å². The van der Waals surface area contributed by atoms with Crippen LogP contribution in [0.3, 0.4) is 0 Å². The van der Waals surface area contributed by atoms with Crippen LogP contribution >= 0.6 is 0 Å². The average molecular weight is 535 g/mol. The van der Waals surface area contributed by atoms with Gasteiger partial charge in [-0.2, -0.15) is 0 Å². The number of nitrogens with two attached hydrogens (primary N) is 1. The van der Waals surface area contributed by atoms with Crippen LogP contribution in [0.2, 0.25) is 0 Å². The van der Waals surface area contributed by atoms with E-state index in [0.717, 1.165) is 18.7 Å². The lowest BCUT2D eigenvalue weighted by Gasteiger charge is -2.18. The molecule has 1 rings (SSSR count). The highest BCUT2D eigenvalue weighted by atomic mass is 16.2. The molecule has 0 saturated carbocycles. The minimum absolute atomic E-state index is 0.122. The second-order valence-corrected chi connectivity index (χ2v) is 10.6. The van der Waals surface area contributed by atoms with Gasteiger partial charge in [0.2, 0.25) is 11.8 Å². The van der Waals surface area contributed by atoms with Gasteiger partial charge in [0.25, 0.3) is 0 Å². The van der Waals surface area contributed by atoms with Crippen LogP contribution in [-0.4, -0.2) is 54.0 Å². The Hall–Kier alpha value is -1.93. The number of nitrogens with one attached hydrogen (secondary N) is 4. The lowest BCUT2D eigenvalue weighted by molar-refractivity contribution is -0.129. The van der Waals surface area contributed by atoms with Gasteiger partial charge in [0.1, 0.15) is 6.04 Å². The summed E-state index contributed by atoms with van der Waals surface area (Å²) in [6.45, 7) is 4.86. The number of rotatable bonds is 27.